The van der Waals surface area contributed by atoms with Crippen molar-refractivity contribution in [3.05, 3.63) is 35.2 Å². The van der Waals surface area contributed by atoms with E-state index < -0.39 is 11.5 Å². The molecular weight excluding hydrogens is 274 g/mol. The number of aliphatic carboxylic acids is 1. The summed E-state index contributed by atoms with van der Waals surface area (Å²) >= 11 is 1.60. The maximum absolute atomic E-state index is 12.1. The number of thiophene rings is 1. The molecule has 3 rings (SSSR count). The Hall–Kier alpha value is -1.88. The Morgan fingerprint density at radius 2 is 2.05 bits per heavy atom. The molecule has 1 saturated carbocycles. The second-order valence-corrected chi connectivity index (χ2v) is 6.13. The number of rotatable bonds is 4. The molecule has 0 aliphatic heterocycles. The number of nitrogens with one attached hydrogen (secondary N) is 1. The fourth-order valence-corrected chi connectivity index (χ4v) is 3.54. The van der Waals surface area contributed by atoms with Gasteiger partial charge >= 0.3 is 5.97 Å². The van der Waals surface area contributed by atoms with Gasteiger partial charge in [0.1, 0.15) is 5.54 Å². The molecule has 0 atom stereocenters. The van der Waals surface area contributed by atoms with E-state index in [1.54, 1.807) is 11.3 Å². The van der Waals surface area contributed by atoms with E-state index in [9.17, 15) is 14.7 Å². The summed E-state index contributed by atoms with van der Waals surface area (Å²) in [6.45, 7) is 0. The van der Waals surface area contributed by atoms with Crippen LogP contribution in [0.15, 0.2) is 29.6 Å². The van der Waals surface area contributed by atoms with Crippen LogP contribution in [0.25, 0.3) is 10.1 Å². The number of hydrogen-bond acceptors (Lipinski definition) is 3. The summed E-state index contributed by atoms with van der Waals surface area (Å²) in [7, 11) is 0. The molecule has 1 aromatic heterocycles. The molecule has 2 aromatic rings. The number of fused-ring (bicyclic) bond motifs is 1. The van der Waals surface area contributed by atoms with Crippen LogP contribution in [-0.2, 0) is 16.0 Å². The predicted octanol–water partition coefficient (Wildman–Crippen LogP) is 2.57. The average Bonchev–Trinajstić information content (AvgIpc) is 2.77. The lowest BCUT2D eigenvalue weighted by Gasteiger charge is -2.38. The molecule has 1 amide bonds. The van der Waals surface area contributed by atoms with Crippen LogP contribution < -0.4 is 5.32 Å². The highest BCUT2D eigenvalue weighted by Gasteiger charge is 2.45. The van der Waals surface area contributed by atoms with Gasteiger partial charge in [-0.1, -0.05) is 18.2 Å². The van der Waals surface area contributed by atoms with Gasteiger partial charge in [-0.25, -0.2) is 4.79 Å². The molecule has 1 aliphatic carbocycles. The summed E-state index contributed by atoms with van der Waals surface area (Å²) in [5.74, 6) is -1.14. The van der Waals surface area contributed by atoms with Crippen LogP contribution in [0.3, 0.4) is 0 Å². The Bertz CT molecular complexity index is 673. The first-order chi connectivity index (χ1) is 9.61. The summed E-state index contributed by atoms with van der Waals surface area (Å²) in [6.07, 6.45) is 2.14. The number of benzene rings is 1. The van der Waals surface area contributed by atoms with E-state index in [0.717, 1.165) is 22.1 Å². The topological polar surface area (TPSA) is 66.4 Å². The maximum Gasteiger partial charge on any atom is 0.329 e. The van der Waals surface area contributed by atoms with Crippen LogP contribution in [0.1, 0.15) is 24.8 Å². The first-order valence-corrected chi connectivity index (χ1v) is 7.48. The van der Waals surface area contributed by atoms with E-state index in [1.165, 1.54) is 0 Å². The summed E-state index contributed by atoms with van der Waals surface area (Å²) in [5.41, 5.74) is -0.0638. The van der Waals surface area contributed by atoms with Crippen LogP contribution in [0, 0.1) is 0 Å². The zero-order chi connectivity index (χ0) is 14.2. The largest absolute Gasteiger partial charge is 0.480 e. The van der Waals surface area contributed by atoms with Crippen molar-refractivity contribution in [3.63, 3.8) is 0 Å². The van der Waals surface area contributed by atoms with Crippen LogP contribution >= 0.6 is 11.3 Å². The molecule has 0 bridgehead atoms. The predicted molar refractivity (Wildman–Crippen MR) is 77.9 cm³/mol. The molecule has 5 heteroatoms. The number of carbonyl (C=O) groups is 2. The van der Waals surface area contributed by atoms with Gasteiger partial charge < -0.3 is 10.4 Å². The van der Waals surface area contributed by atoms with Gasteiger partial charge in [0.05, 0.1) is 6.42 Å². The molecule has 1 aliphatic rings. The first kappa shape index (κ1) is 13.1. The smallest absolute Gasteiger partial charge is 0.329 e. The molecule has 4 nitrogen and oxygen atoms in total. The lowest BCUT2D eigenvalue weighted by Crippen LogP contribution is -2.59. The summed E-state index contributed by atoms with van der Waals surface area (Å²) in [5, 5.41) is 15.0. The van der Waals surface area contributed by atoms with Gasteiger partial charge in [-0.05, 0) is 41.7 Å². The van der Waals surface area contributed by atoms with Gasteiger partial charge in [0, 0.05) is 4.70 Å². The van der Waals surface area contributed by atoms with E-state index in [-0.39, 0.29) is 12.3 Å². The Kier molecular flexibility index (Phi) is 3.22. The standard InChI is InChI=1S/C15H15NO3S/c17-13(16-15(14(18)19)6-3-7-15)8-10-9-20-12-5-2-1-4-11(10)12/h1-2,4-5,9H,3,6-8H2,(H,16,17)(H,18,19). The Morgan fingerprint density at radius 1 is 1.30 bits per heavy atom. The van der Waals surface area contributed by atoms with E-state index >= 15 is 0 Å². The van der Waals surface area contributed by atoms with Crippen molar-refractivity contribution in [1.29, 1.82) is 0 Å². The van der Waals surface area contributed by atoms with Crippen molar-refractivity contribution in [2.24, 2.45) is 0 Å². The van der Waals surface area contributed by atoms with Crippen LogP contribution in [-0.4, -0.2) is 22.5 Å². The minimum Gasteiger partial charge on any atom is -0.480 e. The Labute approximate surface area is 120 Å². The van der Waals surface area contributed by atoms with Gasteiger partial charge in [-0.2, -0.15) is 0 Å². The molecule has 1 aromatic carbocycles. The highest BCUT2D eigenvalue weighted by atomic mass is 32.1. The molecule has 1 heterocycles. The molecule has 1 fully saturated rings. The van der Waals surface area contributed by atoms with Gasteiger partial charge in [-0.3, -0.25) is 4.79 Å². The summed E-state index contributed by atoms with van der Waals surface area (Å²) < 4.78 is 1.15. The third-order valence-electron chi connectivity index (χ3n) is 3.91. The van der Waals surface area contributed by atoms with Gasteiger partial charge in [0.25, 0.3) is 0 Å². The lowest BCUT2D eigenvalue weighted by atomic mass is 9.76. The van der Waals surface area contributed by atoms with E-state index in [4.69, 9.17) is 0 Å². The van der Waals surface area contributed by atoms with Crippen molar-refractivity contribution in [2.45, 2.75) is 31.2 Å². The monoisotopic (exact) mass is 289 g/mol. The van der Waals surface area contributed by atoms with E-state index in [0.29, 0.717) is 12.8 Å². The van der Waals surface area contributed by atoms with Gasteiger partial charge in [-0.15, -0.1) is 11.3 Å². The molecule has 104 valence electrons. The normalized spacial score (nSPS) is 16.6. The summed E-state index contributed by atoms with van der Waals surface area (Å²) in [6, 6.07) is 7.93. The lowest BCUT2D eigenvalue weighted by molar-refractivity contribution is -0.151. The zero-order valence-corrected chi connectivity index (χ0v) is 11.7. The first-order valence-electron chi connectivity index (χ1n) is 6.60. The van der Waals surface area contributed by atoms with Crippen molar-refractivity contribution in [2.75, 3.05) is 0 Å². The SMILES string of the molecule is O=C(Cc1csc2ccccc12)NC1(C(=O)O)CCC1. The van der Waals surface area contributed by atoms with Gasteiger partial charge in [0.2, 0.25) is 5.91 Å². The van der Waals surface area contributed by atoms with Crippen molar-refractivity contribution < 1.29 is 14.7 Å². The van der Waals surface area contributed by atoms with Crippen LogP contribution in [0.2, 0.25) is 0 Å². The van der Waals surface area contributed by atoms with Crippen LogP contribution in [0.5, 0.6) is 0 Å². The molecule has 20 heavy (non-hydrogen) atoms. The number of amides is 1. The third kappa shape index (κ3) is 2.18. The fraction of sp³-hybridized carbons (Fsp3) is 0.333. The molecule has 0 saturated heterocycles. The number of carboxylic acids is 1. The van der Waals surface area contributed by atoms with Crippen molar-refractivity contribution >= 4 is 33.3 Å². The van der Waals surface area contributed by atoms with E-state index in [2.05, 4.69) is 5.32 Å². The Morgan fingerprint density at radius 3 is 2.70 bits per heavy atom. The molecule has 0 spiro atoms. The highest BCUT2D eigenvalue weighted by molar-refractivity contribution is 7.17. The van der Waals surface area contributed by atoms with E-state index in [1.807, 2.05) is 29.6 Å². The minimum absolute atomic E-state index is 0.212. The molecule has 2 N–H and O–H groups in total. The zero-order valence-electron chi connectivity index (χ0n) is 10.9. The highest BCUT2D eigenvalue weighted by Crippen LogP contribution is 2.32. The second kappa shape index (κ2) is 4.90. The van der Waals surface area contributed by atoms with Gasteiger partial charge in [0.15, 0.2) is 0 Å². The Balaban J connectivity index is 1.75. The molecular formula is C15H15NO3S. The maximum atomic E-state index is 12.1. The molecule has 0 radical (unpaired) electrons. The quantitative estimate of drug-likeness (QED) is 0.909. The van der Waals surface area contributed by atoms with Crippen molar-refractivity contribution in [1.82, 2.24) is 5.32 Å². The van der Waals surface area contributed by atoms with Crippen molar-refractivity contribution in [3.8, 4) is 0 Å². The molecule has 0 unspecified atom stereocenters. The number of carboxylic acid groups (broad SMARTS) is 1. The van der Waals surface area contributed by atoms with Crippen LogP contribution in [0.4, 0.5) is 0 Å². The summed E-state index contributed by atoms with van der Waals surface area (Å²) in [4.78, 5) is 23.3. The minimum atomic E-state index is -1.02. The fourth-order valence-electron chi connectivity index (χ4n) is 2.58. The number of carbonyl (C=O) groups excluding carboxylic acids is 1. The average molecular weight is 289 g/mol. The second-order valence-electron chi connectivity index (χ2n) is 5.22. The number of hydrogen-bond donors (Lipinski definition) is 2. The third-order valence-corrected chi connectivity index (χ3v) is 4.92.